The molecule has 0 aromatic heterocycles. The number of amides is 1. The number of benzene rings is 1. The summed E-state index contributed by atoms with van der Waals surface area (Å²) < 4.78 is 16.7. The predicted molar refractivity (Wildman–Crippen MR) is 149 cm³/mol. The summed E-state index contributed by atoms with van der Waals surface area (Å²) in [5, 5.41) is 12.0. The Morgan fingerprint density at radius 1 is 1.21 bits per heavy atom. The van der Waals surface area contributed by atoms with E-state index in [1.54, 1.807) is 7.11 Å². The molecule has 39 heavy (non-hydrogen) atoms. The van der Waals surface area contributed by atoms with Crippen LogP contribution in [0, 0.1) is 11.3 Å². The standard InChI is InChI=1S/C30H46N2O7/c1-8-10-11-32(39-12-9-2)26(33)18-31-17-22(21-13-24(36-7)28-25(14-21)37-19-38-28)27(29(34)35)23(31)16-30(5,6)15-20(3)4/h13-15,22-23,27H,8-12,16-19H2,1-7H3,(H,34,35)/t22-,23+,27-/m1/s1. The minimum Gasteiger partial charge on any atom is -0.493 e. The Kier molecular flexibility index (Phi) is 10.7. The summed E-state index contributed by atoms with van der Waals surface area (Å²) in [4.78, 5) is 34.3. The Balaban J connectivity index is 1.99. The van der Waals surface area contributed by atoms with Crippen molar-refractivity contribution in [3.8, 4) is 17.2 Å². The van der Waals surface area contributed by atoms with E-state index in [0.717, 1.165) is 24.8 Å². The predicted octanol–water partition coefficient (Wildman–Crippen LogP) is 5.25. The number of carbonyl (C=O) groups is 2. The number of carboxylic acid groups (broad SMARTS) is 1. The molecule has 0 bridgehead atoms. The minimum atomic E-state index is -0.880. The molecule has 1 saturated heterocycles. The summed E-state index contributed by atoms with van der Waals surface area (Å²) in [5.74, 6) is -0.536. The van der Waals surface area contributed by atoms with Gasteiger partial charge < -0.3 is 19.3 Å². The van der Waals surface area contributed by atoms with Crippen molar-refractivity contribution in [2.75, 3.05) is 40.1 Å². The Morgan fingerprint density at radius 2 is 1.95 bits per heavy atom. The summed E-state index contributed by atoms with van der Waals surface area (Å²) in [7, 11) is 1.56. The van der Waals surface area contributed by atoms with E-state index < -0.39 is 11.9 Å². The molecule has 2 heterocycles. The van der Waals surface area contributed by atoms with Crippen molar-refractivity contribution < 1.29 is 33.7 Å². The fourth-order valence-electron chi connectivity index (χ4n) is 5.84. The van der Waals surface area contributed by atoms with Crippen molar-refractivity contribution in [2.24, 2.45) is 11.3 Å². The first kappa shape index (κ1) is 30.8. The molecule has 1 aromatic rings. The van der Waals surface area contributed by atoms with E-state index in [2.05, 4.69) is 26.8 Å². The van der Waals surface area contributed by atoms with Gasteiger partial charge in [-0.1, -0.05) is 45.8 Å². The molecule has 0 radical (unpaired) electrons. The van der Waals surface area contributed by atoms with Crippen LogP contribution in [0.5, 0.6) is 17.2 Å². The largest absolute Gasteiger partial charge is 0.493 e. The first-order valence-corrected chi connectivity index (χ1v) is 14.0. The summed E-state index contributed by atoms with van der Waals surface area (Å²) in [6, 6.07) is 3.33. The molecule has 0 spiro atoms. The number of ether oxygens (including phenoxy) is 3. The van der Waals surface area contributed by atoms with Crippen LogP contribution in [-0.2, 0) is 14.4 Å². The van der Waals surface area contributed by atoms with E-state index in [1.165, 1.54) is 10.6 Å². The maximum atomic E-state index is 13.5. The highest BCUT2D eigenvalue weighted by Crippen LogP contribution is 2.48. The first-order valence-electron chi connectivity index (χ1n) is 14.0. The van der Waals surface area contributed by atoms with Crippen LogP contribution in [0.4, 0.5) is 0 Å². The van der Waals surface area contributed by atoms with Crippen molar-refractivity contribution in [3.63, 3.8) is 0 Å². The Bertz CT molecular complexity index is 1030. The van der Waals surface area contributed by atoms with E-state index in [4.69, 9.17) is 19.0 Å². The number of carboxylic acids is 1. The maximum absolute atomic E-state index is 13.5. The van der Waals surface area contributed by atoms with E-state index in [9.17, 15) is 14.7 Å². The van der Waals surface area contributed by atoms with Crippen molar-refractivity contribution in [1.82, 2.24) is 9.96 Å². The number of likely N-dealkylation sites (tertiary alicyclic amines) is 1. The van der Waals surface area contributed by atoms with Gasteiger partial charge in [-0.25, -0.2) is 5.06 Å². The lowest BCUT2D eigenvalue weighted by Crippen LogP contribution is -2.45. The normalized spacial score (nSPS) is 20.6. The average Bonchev–Trinajstić information content (AvgIpc) is 3.47. The number of hydroxylamine groups is 2. The number of allylic oxidation sites excluding steroid dienone is 2. The molecule has 9 nitrogen and oxygen atoms in total. The van der Waals surface area contributed by atoms with Crippen molar-refractivity contribution >= 4 is 11.9 Å². The number of unbranched alkanes of at least 4 members (excludes halogenated alkanes) is 1. The zero-order chi connectivity index (χ0) is 28.7. The molecular formula is C30H46N2O7. The van der Waals surface area contributed by atoms with Crippen LogP contribution in [0.25, 0.3) is 0 Å². The number of fused-ring (bicyclic) bond motifs is 1. The molecule has 0 unspecified atom stereocenters. The molecular weight excluding hydrogens is 500 g/mol. The van der Waals surface area contributed by atoms with E-state index in [-0.39, 0.29) is 36.6 Å². The average molecular weight is 547 g/mol. The van der Waals surface area contributed by atoms with Crippen LogP contribution in [0.15, 0.2) is 23.8 Å². The zero-order valence-electron chi connectivity index (χ0n) is 24.6. The Hall–Kier alpha value is -2.78. The number of hydrogen-bond acceptors (Lipinski definition) is 7. The molecule has 2 aliphatic heterocycles. The second-order valence-electron chi connectivity index (χ2n) is 11.5. The number of hydrogen-bond donors (Lipinski definition) is 1. The third kappa shape index (κ3) is 7.66. The number of carbonyl (C=O) groups excluding carboxylic acids is 1. The Morgan fingerprint density at radius 3 is 2.56 bits per heavy atom. The summed E-state index contributed by atoms with van der Waals surface area (Å²) in [6.45, 7) is 14.0. The van der Waals surface area contributed by atoms with Gasteiger partial charge in [-0.05, 0) is 56.2 Å². The molecule has 3 atom stereocenters. The van der Waals surface area contributed by atoms with Crippen LogP contribution in [0.1, 0.15) is 78.7 Å². The van der Waals surface area contributed by atoms with Crippen LogP contribution in [0.2, 0.25) is 0 Å². The van der Waals surface area contributed by atoms with Crippen LogP contribution >= 0.6 is 0 Å². The van der Waals surface area contributed by atoms with Gasteiger partial charge >= 0.3 is 5.97 Å². The van der Waals surface area contributed by atoms with Crippen LogP contribution in [0.3, 0.4) is 0 Å². The fourth-order valence-corrected chi connectivity index (χ4v) is 5.84. The molecule has 1 aromatic carbocycles. The topological polar surface area (TPSA) is 97.8 Å². The van der Waals surface area contributed by atoms with Gasteiger partial charge in [-0.2, -0.15) is 0 Å². The number of nitrogens with zero attached hydrogens (tertiary/aromatic N) is 2. The fraction of sp³-hybridized carbons (Fsp3) is 0.667. The number of aliphatic carboxylic acids is 1. The maximum Gasteiger partial charge on any atom is 0.308 e. The molecule has 0 saturated carbocycles. The monoisotopic (exact) mass is 546 g/mol. The van der Waals surface area contributed by atoms with Gasteiger partial charge in [0.2, 0.25) is 12.5 Å². The number of methoxy groups -OCH3 is 1. The number of rotatable bonds is 14. The van der Waals surface area contributed by atoms with E-state index in [1.807, 2.05) is 37.8 Å². The molecule has 1 N–H and O–H groups in total. The zero-order valence-corrected chi connectivity index (χ0v) is 24.6. The molecule has 3 rings (SSSR count). The van der Waals surface area contributed by atoms with Gasteiger partial charge in [0, 0.05) is 25.0 Å². The molecule has 1 fully saturated rings. The lowest BCUT2D eigenvalue weighted by atomic mass is 9.77. The third-order valence-corrected chi connectivity index (χ3v) is 7.34. The quantitative estimate of drug-likeness (QED) is 0.250. The van der Waals surface area contributed by atoms with Crippen LogP contribution < -0.4 is 14.2 Å². The highest BCUT2D eigenvalue weighted by atomic mass is 16.7. The summed E-state index contributed by atoms with van der Waals surface area (Å²) >= 11 is 0. The summed E-state index contributed by atoms with van der Waals surface area (Å²) in [5.41, 5.74) is 1.71. The van der Waals surface area contributed by atoms with Gasteiger partial charge in [-0.3, -0.25) is 19.3 Å². The van der Waals surface area contributed by atoms with E-state index >= 15 is 0 Å². The molecule has 218 valence electrons. The van der Waals surface area contributed by atoms with Crippen molar-refractivity contribution in [1.29, 1.82) is 0 Å². The second-order valence-corrected chi connectivity index (χ2v) is 11.5. The molecule has 2 aliphatic rings. The first-order chi connectivity index (χ1) is 18.5. The molecule has 0 aliphatic carbocycles. The third-order valence-electron chi connectivity index (χ3n) is 7.34. The van der Waals surface area contributed by atoms with Gasteiger partial charge in [0.25, 0.3) is 5.91 Å². The van der Waals surface area contributed by atoms with Crippen molar-refractivity contribution in [3.05, 3.63) is 29.3 Å². The summed E-state index contributed by atoms with van der Waals surface area (Å²) in [6.07, 6.45) is 5.35. The van der Waals surface area contributed by atoms with Crippen LogP contribution in [-0.4, -0.2) is 73.1 Å². The van der Waals surface area contributed by atoms with Gasteiger partial charge in [0.05, 0.1) is 26.2 Å². The highest BCUT2D eigenvalue weighted by Gasteiger charge is 2.49. The van der Waals surface area contributed by atoms with Gasteiger partial charge in [-0.15, -0.1) is 0 Å². The Labute approximate surface area is 233 Å². The molecule has 1 amide bonds. The van der Waals surface area contributed by atoms with Gasteiger partial charge in [0.1, 0.15) is 0 Å². The minimum absolute atomic E-state index is 0.0883. The SMILES string of the molecule is CCCCN(OCCC)C(=O)CN1C[C@H](c2cc(OC)c3c(c2)OCO3)[C@@H](C(=O)O)[C@@H]1CC(C)(C)C=C(C)C. The highest BCUT2D eigenvalue weighted by molar-refractivity contribution is 5.78. The second kappa shape index (κ2) is 13.5. The van der Waals surface area contributed by atoms with Gasteiger partial charge in [0.15, 0.2) is 11.5 Å². The smallest absolute Gasteiger partial charge is 0.308 e. The van der Waals surface area contributed by atoms with E-state index in [0.29, 0.717) is 43.4 Å². The van der Waals surface area contributed by atoms with Crippen molar-refractivity contribution in [2.45, 2.75) is 79.2 Å². The lowest BCUT2D eigenvalue weighted by Gasteiger charge is -2.34. The lowest BCUT2D eigenvalue weighted by molar-refractivity contribution is -0.188. The molecule has 9 heteroatoms.